The largest absolute Gasteiger partial charge is 0.444 e. The fourth-order valence-electron chi connectivity index (χ4n) is 3.19. The SMILES string of the molecule is CCOC(CCSc1nc2c(ccn2COCC[Si](C)(C)C)cc1NC(=O)OC(C)(C)C)OCC. The van der Waals surface area contributed by atoms with Gasteiger partial charge in [-0.25, -0.2) is 9.78 Å². The first-order valence-electron chi connectivity index (χ1n) is 12.4. The molecule has 8 nitrogen and oxygen atoms in total. The molecule has 10 heteroatoms. The molecular formula is C25H43N3O5SSi. The van der Waals surface area contributed by atoms with Crippen molar-refractivity contribution in [3.63, 3.8) is 0 Å². The number of pyridine rings is 1. The van der Waals surface area contributed by atoms with Crippen molar-refractivity contribution in [2.24, 2.45) is 0 Å². The van der Waals surface area contributed by atoms with Gasteiger partial charge in [-0.05, 0) is 52.8 Å². The smallest absolute Gasteiger partial charge is 0.412 e. The maximum Gasteiger partial charge on any atom is 0.412 e. The molecule has 1 amide bonds. The third-order valence-electron chi connectivity index (χ3n) is 4.86. The van der Waals surface area contributed by atoms with E-state index in [1.807, 2.05) is 57.5 Å². The topological polar surface area (TPSA) is 83.8 Å². The molecule has 0 spiro atoms. The minimum Gasteiger partial charge on any atom is -0.444 e. The van der Waals surface area contributed by atoms with Crippen molar-refractivity contribution >= 4 is 42.6 Å². The lowest BCUT2D eigenvalue weighted by Crippen LogP contribution is -2.27. The maximum atomic E-state index is 12.5. The average Bonchev–Trinajstić information content (AvgIpc) is 3.11. The molecule has 0 fully saturated rings. The zero-order valence-electron chi connectivity index (χ0n) is 22.6. The van der Waals surface area contributed by atoms with Gasteiger partial charge in [-0.1, -0.05) is 19.6 Å². The number of rotatable bonds is 14. The van der Waals surface area contributed by atoms with Gasteiger partial charge in [0.15, 0.2) is 6.29 Å². The summed E-state index contributed by atoms with van der Waals surface area (Å²) in [6.07, 6.45) is 1.92. The summed E-state index contributed by atoms with van der Waals surface area (Å²) in [6.45, 7) is 18.8. The molecule has 2 rings (SSSR count). The number of hydrogen-bond donors (Lipinski definition) is 1. The van der Waals surface area contributed by atoms with Gasteiger partial charge in [0.05, 0.1) is 5.69 Å². The molecule has 1 N–H and O–H groups in total. The first kappa shape index (κ1) is 29.6. The van der Waals surface area contributed by atoms with Crippen molar-refractivity contribution in [3.05, 3.63) is 18.3 Å². The Labute approximate surface area is 215 Å². The number of carbonyl (C=O) groups excluding carboxylic acids is 1. The average molecular weight is 526 g/mol. The number of thioether (sulfide) groups is 1. The van der Waals surface area contributed by atoms with Crippen LogP contribution in [-0.2, 0) is 25.7 Å². The summed E-state index contributed by atoms with van der Waals surface area (Å²) in [5.41, 5.74) is 0.855. The second-order valence-electron chi connectivity index (χ2n) is 10.5. The van der Waals surface area contributed by atoms with E-state index in [9.17, 15) is 4.79 Å². The summed E-state index contributed by atoms with van der Waals surface area (Å²) in [4.78, 5) is 17.4. The van der Waals surface area contributed by atoms with Crippen LogP contribution in [0.4, 0.5) is 10.5 Å². The van der Waals surface area contributed by atoms with Gasteiger partial charge in [0.25, 0.3) is 0 Å². The van der Waals surface area contributed by atoms with Crippen LogP contribution in [0.3, 0.4) is 0 Å². The zero-order valence-corrected chi connectivity index (χ0v) is 24.4. The van der Waals surface area contributed by atoms with Gasteiger partial charge in [-0.3, -0.25) is 5.32 Å². The number of fused-ring (bicyclic) bond motifs is 1. The van der Waals surface area contributed by atoms with E-state index in [4.69, 9.17) is 23.9 Å². The summed E-state index contributed by atoms with van der Waals surface area (Å²) >= 11 is 1.56. The van der Waals surface area contributed by atoms with Crippen LogP contribution in [0.15, 0.2) is 23.4 Å². The molecule has 0 atom stereocenters. The van der Waals surface area contributed by atoms with Crippen molar-refractivity contribution in [2.75, 3.05) is 30.9 Å². The van der Waals surface area contributed by atoms with E-state index in [1.54, 1.807) is 11.8 Å². The Morgan fingerprint density at radius 1 is 1.20 bits per heavy atom. The van der Waals surface area contributed by atoms with E-state index in [1.165, 1.54) is 0 Å². The number of aromatic nitrogens is 2. The molecule has 0 aliphatic rings. The molecule has 35 heavy (non-hydrogen) atoms. The molecule has 0 radical (unpaired) electrons. The van der Waals surface area contributed by atoms with Crippen molar-refractivity contribution in [3.8, 4) is 0 Å². The summed E-state index contributed by atoms with van der Waals surface area (Å²) in [7, 11) is -1.14. The van der Waals surface area contributed by atoms with Gasteiger partial charge in [0.1, 0.15) is 23.0 Å². The lowest BCUT2D eigenvalue weighted by Gasteiger charge is -2.20. The van der Waals surface area contributed by atoms with Gasteiger partial charge in [0.2, 0.25) is 0 Å². The van der Waals surface area contributed by atoms with Crippen LogP contribution in [-0.4, -0.2) is 61.2 Å². The van der Waals surface area contributed by atoms with Crippen molar-refractivity contribution in [1.29, 1.82) is 0 Å². The van der Waals surface area contributed by atoms with Gasteiger partial charge >= 0.3 is 6.09 Å². The first-order chi connectivity index (χ1) is 16.4. The highest BCUT2D eigenvalue weighted by Gasteiger charge is 2.20. The molecule has 2 aromatic rings. The quantitative estimate of drug-likeness (QED) is 0.129. The van der Waals surface area contributed by atoms with Crippen molar-refractivity contribution in [1.82, 2.24) is 9.55 Å². The lowest BCUT2D eigenvalue weighted by atomic mass is 10.2. The summed E-state index contributed by atoms with van der Waals surface area (Å²) < 4.78 is 24.7. The lowest BCUT2D eigenvalue weighted by molar-refractivity contribution is -0.136. The Morgan fingerprint density at radius 3 is 2.49 bits per heavy atom. The van der Waals surface area contributed by atoms with E-state index in [0.717, 1.165) is 34.5 Å². The Balaban J connectivity index is 2.21. The highest BCUT2D eigenvalue weighted by Crippen LogP contribution is 2.31. The van der Waals surface area contributed by atoms with E-state index in [-0.39, 0.29) is 6.29 Å². The number of hydrogen-bond acceptors (Lipinski definition) is 7. The van der Waals surface area contributed by atoms with E-state index in [2.05, 4.69) is 25.0 Å². The molecule has 0 aliphatic heterocycles. The van der Waals surface area contributed by atoms with Gasteiger partial charge in [-0.2, -0.15) is 0 Å². The molecule has 2 aromatic heterocycles. The Morgan fingerprint density at radius 2 is 1.89 bits per heavy atom. The minimum absolute atomic E-state index is 0.257. The standard InChI is InChI=1S/C25H43N3O5SSi/c1-9-31-21(32-10-2)12-15-34-23-20(26-24(29)33-25(3,4)5)17-19-11-13-28(22(19)27-23)18-30-14-16-35(6,7)8/h11,13,17,21H,9-10,12,14-16,18H2,1-8H3,(H,26,29). The Hall–Kier alpha value is -1.59. The van der Waals surface area contributed by atoms with Crippen molar-refractivity contribution < 1.29 is 23.7 Å². The van der Waals surface area contributed by atoms with Gasteiger partial charge in [-0.15, -0.1) is 11.8 Å². The molecule has 0 aliphatic carbocycles. The highest BCUT2D eigenvalue weighted by atomic mass is 32.2. The fourth-order valence-corrected chi connectivity index (χ4v) is 4.87. The predicted octanol–water partition coefficient (Wildman–Crippen LogP) is 6.58. The van der Waals surface area contributed by atoms with Gasteiger partial charge < -0.3 is 23.5 Å². The van der Waals surface area contributed by atoms with Gasteiger partial charge in [0, 0.05) is 51.7 Å². The zero-order chi connectivity index (χ0) is 26.1. The highest BCUT2D eigenvalue weighted by molar-refractivity contribution is 7.99. The number of carbonyl (C=O) groups is 1. The van der Waals surface area contributed by atoms with Crippen LogP contribution < -0.4 is 5.32 Å². The fraction of sp³-hybridized carbons (Fsp3) is 0.680. The summed E-state index contributed by atoms with van der Waals surface area (Å²) in [6, 6.07) is 5.04. The normalized spacial score (nSPS) is 12.5. The number of amides is 1. The van der Waals surface area contributed by atoms with E-state index < -0.39 is 19.8 Å². The number of ether oxygens (including phenoxy) is 4. The Bertz CT molecular complexity index is 934. The van der Waals surface area contributed by atoms with E-state index >= 15 is 0 Å². The molecule has 0 saturated carbocycles. The van der Waals surface area contributed by atoms with Crippen LogP contribution in [0.1, 0.15) is 41.0 Å². The Kier molecular flexibility index (Phi) is 11.6. The third-order valence-corrected chi connectivity index (χ3v) is 7.59. The first-order valence-corrected chi connectivity index (χ1v) is 17.0. The summed E-state index contributed by atoms with van der Waals surface area (Å²) in [5, 5.41) is 4.53. The molecular weight excluding hydrogens is 482 g/mol. The second kappa shape index (κ2) is 13.6. The number of nitrogens with zero attached hydrogens (tertiary/aromatic N) is 2. The van der Waals surface area contributed by atoms with Crippen molar-refractivity contribution in [2.45, 2.75) is 90.4 Å². The number of nitrogens with one attached hydrogen (secondary N) is 1. The maximum absolute atomic E-state index is 12.5. The molecule has 0 unspecified atom stereocenters. The van der Waals surface area contributed by atoms with Crippen LogP contribution in [0.25, 0.3) is 11.0 Å². The molecule has 0 aromatic carbocycles. The van der Waals surface area contributed by atoms with Crippen LogP contribution in [0, 0.1) is 0 Å². The summed E-state index contributed by atoms with van der Waals surface area (Å²) in [5.74, 6) is 0.722. The third kappa shape index (κ3) is 10.9. The molecule has 2 heterocycles. The molecule has 0 saturated heterocycles. The number of anilines is 1. The second-order valence-corrected chi connectivity index (χ2v) is 17.2. The van der Waals surface area contributed by atoms with E-state index in [0.29, 0.717) is 32.1 Å². The molecule has 198 valence electrons. The monoisotopic (exact) mass is 525 g/mol. The molecule has 0 bridgehead atoms. The van der Waals surface area contributed by atoms with Crippen LogP contribution in [0.5, 0.6) is 0 Å². The minimum atomic E-state index is -1.14. The van der Waals surface area contributed by atoms with Crippen LogP contribution in [0.2, 0.25) is 25.7 Å². The van der Waals surface area contributed by atoms with Crippen LogP contribution >= 0.6 is 11.8 Å². The predicted molar refractivity (Wildman–Crippen MR) is 146 cm³/mol.